The number of amides is 2. The minimum absolute atomic E-state index is 0.0161. The van der Waals surface area contributed by atoms with Gasteiger partial charge in [-0.1, -0.05) is 26.0 Å². The van der Waals surface area contributed by atoms with Gasteiger partial charge in [0.05, 0.1) is 17.0 Å². The number of nitrogens with two attached hydrogens (primary N) is 1. The van der Waals surface area contributed by atoms with E-state index < -0.39 is 59.2 Å². The van der Waals surface area contributed by atoms with E-state index >= 15 is 0 Å². The Morgan fingerprint density at radius 2 is 1.71 bits per heavy atom. The van der Waals surface area contributed by atoms with Crippen molar-refractivity contribution in [3.05, 3.63) is 106 Å². The molecule has 0 radical (unpaired) electrons. The molecule has 2 amide bonds. The van der Waals surface area contributed by atoms with Crippen LogP contribution in [0.15, 0.2) is 60.8 Å². The second-order valence-corrected chi connectivity index (χ2v) is 9.53. The number of benzene rings is 2. The Morgan fingerprint density at radius 1 is 1.02 bits per heavy atom. The number of rotatable bonds is 8. The van der Waals surface area contributed by atoms with Crippen molar-refractivity contribution in [1.82, 2.24) is 20.1 Å². The van der Waals surface area contributed by atoms with E-state index in [9.17, 15) is 35.9 Å². The molecular formula is C29H23F6N5O2. The summed E-state index contributed by atoms with van der Waals surface area (Å²) >= 11 is 0. The quantitative estimate of drug-likeness (QED) is 0.250. The number of halogens is 6. The van der Waals surface area contributed by atoms with Crippen LogP contribution in [0.25, 0.3) is 22.9 Å². The molecule has 0 aliphatic heterocycles. The van der Waals surface area contributed by atoms with Crippen LogP contribution in [0.4, 0.5) is 26.3 Å². The summed E-state index contributed by atoms with van der Waals surface area (Å²) in [5.74, 6) is -4.95. The van der Waals surface area contributed by atoms with E-state index in [1.807, 2.05) is 0 Å². The van der Waals surface area contributed by atoms with Gasteiger partial charge in [0.2, 0.25) is 5.91 Å². The van der Waals surface area contributed by atoms with Crippen molar-refractivity contribution in [2.75, 3.05) is 0 Å². The number of carbonyl (C=O) groups excluding carboxylic acids is 2. The van der Waals surface area contributed by atoms with Gasteiger partial charge in [-0.2, -0.15) is 18.3 Å². The van der Waals surface area contributed by atoms with Gasteiger partial charge in [-0.25, -0.2) is 13.2 Å². The van der Waals surface area contributed by atoms with Crippen LogP contribution in [0.2, 0.25) is 0 Å². The van der Waals surface area contributed by atoms with E-state index in [4.69, 9.17) is 5.73 Å². The first-order valence-electron chi connectivity index (χ1n) is 12.4. The fraction of sp³-hybridized carbons (Fsp3) is 0.172. The maximum absolute atomic E-state index is 14.2. The number of nitrogens with zero attached hydrogens (tertiary/aromatic N) is 3. The minimum Gasteiger partial charge on any atom is -0.366 e. The first-order chi connectivity index (χ1) is 19.7. The van der Waals surface area contributed by atoms with Crippen LogP contribution in [-0.2, 0) is 17.5 Å². The predicted octanol–water partition coefficient (Wildman–Crippen LogP) is 5.92. The topological polar surface area (TPSA) is 103 Å². The Kier molecular flexibility index (Phi) is 8.50. The Hall–Kier alpha value is -4.94. The van der Waals surface area contributed by atoms with Crippen molar-refractivity contribution in [3.63, 3.8) is 0 Å². The van der Waals surface area contributed by atoms with Crippen LogP contribution < -0.4 is 11.1 Å². The number of hydrogen-bond acceptors (Lipinski definition) is 4. The van der Waals surface area contributed by atoms with Gasteiger partial charge < -0.3 is 11.1 Å². The maximum Gasteiger partial charge on any atom is 0.435 e. The molecule has 7 nitrogen and oxygen atoms in total. The van der Waals surface area contributed by atoms with Crippen LogP contribution in [0.3, 0.4) is 0 Å². The summed E-state index contributed by atoms with van der Waals surface area (Å²) in [6.07, 6.45) is -2.18. The van der Waals surface area contributed by atoms with E-state index in [-0.39, 0.29) is 33.8 Å². The highest BCUT2D eigenvalue weighted by Gasteiger charge is 2.35. The number of aromatic nitrogens is 3. The van der Waals surface area contributed by atoms with Crippen molar-refractivity contribution < 1.29 is 35.9 Å². The van der Waals surface area contributed by atoms with Gasteiger partial charge in [0, 0.05) is 23.5 Å². The molecule has 0 aliphatic carbocycles. The summed E-state index contributed by atoms with van der Waals surface area (Å²) in [6.45, 7) is 2.64. The predicted molar refractivity (Wildman–Crippen MR) is 142 cm³/mol. The number of primary amides is 1. The molecule has 13 heteroatoms. The lowest BCUT2D eigenvalue weighted by molar-refractivity contribution is -0.141. The Bertz CT molecular complexity index is 1670. The van der Waals surface area contributed by atoms with Crippen molar-refractivity contribution in [2.24, 2.45) is 5.73 Å². The lowest BCUT2D eigenvalue weighted by Gasteiger charge is -2.16. The second-order valence-electron chi connectivity index (χ2n) is 9.53. The highest BCUT2D eigenvalue weighted by atomic mass is 19.4. The van der Waals surface area contributed by atoms with E-state index in [0.29, 0.717) is 6.07 Å². The molecule has 0 fully saturated rings. The minimum atomic E-state index is -4.74. The first kappa shape index (κ1) is 30.0. The molecule has 218 valence electrons. The third-order valence-electron chi connectivity index (χ3n) is 6.06. The fourth-order valence-electron chi connectivity index (χ4n) is 4.21. The second kappa shape index (κ2) is 11.9. The molecule has 0 saturated carbocycles. The lowest BCUT2D eigenvalue weighted by atomic mass is 9.98. The van der Waals surface area contributed by atoms with Gasteiger partial charge >= 0.3 is 6.18 Å². The normalized spacial score (nSPS) is 12.1. The zero-order chi connectivity index (χ0) is 30.8. The van der Waals surface area contributed by atoms with Gasteiger partial charge in [0.15, 0.2) is 5.69 Å². The van der Waals surface area contributed by atoms with E-state index in [1.54, 1.807) is 13.8 Å². The molecule has 0 atom stereocenters. The molecular weight excluding hydrogens is 564 g/mol. The number of hydrogen-bond donors (Lipinski definition) is 2. The number of nitrogens with one attached hydrogen (secondary N) is 1. The molecule has 4 rings (SSSR count). The van der Waals surface area contributed by atoms with Gasteiger partial charge in [-0.3, -0.25) is 19.3 Å². The fourth-order valence-corrected chi connectivity index (χ4v) is 4.21. The zero-order valence-corrected chi connectivity index (χ0v) is 22.1. The summed E-state index contributed by atoms with van der Waals surface area (Å²) in [4.78, 5) is 29.2. The van der Waals surface area contributed by atoms with Crippen molar-refractivity contribution in [1.29, 1.82) is 0 Å². The third kappa shape index (κ3) is 6.85. The van der Waals surface area contributed by atoms with E-state index in [2.05, 4.69) is 15.4 Å². The molecule has 4 aromatic rings. The summed E-state index contributed by atoms with van der Waals surface area (Å²) in [5, 5.41) is 6.10. The largest absolute Gasteiger partial charge is 0.435 e. The average molecular weight is 588 g/mol. The van der Waals surface area contributed by atoms with Crippen molar-refractivity contribution >= 4 is 23.6 Å². The first-order valence-corrected chi connectivity index (χ1v) is 12.4. The molecule has 2 heterocycles. The van der Waals surface area contributed by atoms with Gasteiger partial charge in [-0.15, -0.1) is 0 Å². The zero-order valence-electron chi connectivity index (χ0n) is 22.1. The van der Waals surface area contributed by atoms with Gasteiger partial charge in [0.25, 0.3) is 5.91 Å². The highest BCUT2D eigenvalue weighted by molar-refractivity contribution is 5.97. The van der Waals surface area contributed by atoms with E-state index in [0.717, 1.165) is 28.9 Å². The standard InChI is InChI=1S/C29H23F6N5O2/c1-15(2)24-13-25(29(33,34)35)39-40(24)14-26(41)38-23(10-16-8-18(30)12-19(31)9-16)27-20(4-3-7-37-27)17-5-6-22(32)21(11-17)28(36)42/h3-13,15H,14H2,1-2H3,(H2,36,42)(H,38,41). The van der Waals surface area contributed by atoms with Crippen LogP contribution in [0.5, 0.6) is 0 Å². The monoisotopic (exact) mass is 587 g/mol. The van der Waals surface area contributed by atoms with E-state index in [1.165, 1.54) is 36.5 Å². The summed E-state index contributed by atoms with van der Waals surface area (Å²) in [6, 6.07) is 10.1. The van der Waals surface area contributed by atoms with Crippen LogP contribution in [-0.4, -0.2) is 26.6 Å². The summed E-state index contributed by atoms with van der Waals surface area (Å²) in [5.41, 5.74) is 4.31. The Balaban J connectivity index is 1.80. The smallest absolute Gasteiger partial charge is 0.366 e. The molecule has 0 saturated heterocycles. The van der Waals surface area contributed by atoms with Crippen LogP contribution in [0.1, 0.15) is 52.8 Å². The molecule has 0 unspecified atom stereocenters. The number of carbonyl (C=O) groups is 2. The number of pyridine rings is 1. The number of alkyl halides is 3. The molecule has 0 bridgehead atoms. The Morgan fingerprint density at radius 3 is 2.33 bits per heavy atom. The SMILES string of the molecule is CC(C)c1cc(C(F)(F)F)nn1CC(=O)NC(=Cc1cc(F)cc(F)c1)c1ncccc1-c1ccc(F)c(C(N)=O)c1. The molecule has 0 aliphatic rings. The Labute approximate surface area is 235 Å². The van der Waals surface area contributed by atoms with Crippen LogP contribution >= 0.6 is 0 Å². The van der Waals surface area contributed by atoms with Crippen molar-refractivity contribution in [2.45, 2.75) is 32.5 Å². The molecule has 42 heavy (non-hydrogen) atoms. The molecule has 3 N–H and O–H groups in total. The lowest BCUT2D eigenvalue weighted by Crippen LogP contribution is -2.28. The third-order valence-corrected chi connectivity index (χ3v) is 6.06. The summed E-state index contributed by atoms with van der Waals surface area (Å²) < 4.78 is 83.0. The molecule has 2 aromatic carbocycles. The highest BCUT2D eigenvalue weighted by Crippen LogP contribution is 2.31. The molecule has 2 aromatic heterocycles. The molecule has 0 spiro atoms. The van der Waals surface area contributed by atoms with Crippen LogP contribution in [0, 0.1) is 17.5 Å². The maximum atomic E-state index is 14.2. The van der Waals surface area contributed by atoms with Crippen molar-refractivity contribution in [3.8, 4) is 11.1 Å². The van der Waals surface area contributed by atoms with Gasteiger partial charge in [-0.05, 0) is 59.5 Å². The van der Waals surface area contributed by atoms with Gasteiger partial charge in [0.1, 0.15) is 24.0 Å². The average Bonchev–Trinajstić information content (AvgIpc) is 3.32. The summed E-state index contributed by atoms with van der Waals surface area (Å²) in [7, 11) is 0.